The van der Waals surface area contributed by atoms with Crippen molar-refractivity contribution in [2.75, 3.05) is 12.1 Å². The highest BCUT2D eigenvalue weighted by atomic mass is 32.2. The van der Waals surface area contributed by atoms with Crippen LogP contribution in [0.3, 0.4) is 0 Å². The maximum absolute atomic E-state index is 13.7. The number of amides is 2. The second kappa shape index (κ2) is 12.9. The molecule has 2 N–H and O–H groups in total. The average molecular weight is 603 g/mol. The number of benzene rings is 2. The molecule has 2 aromatic heterocycles. The van der Waals surface area contributed by atoms with Gasteiger partial charge in [-0.15, -0.1) is 0 Å². The van der Waals surface area contributed by atoms with Gasteiger partial charge in [-0.2, -0.15) is 0 Å². The quantitative estimate of drug-likeness (QED) is 0.184. The third-order valence-electron chi connectivity index (χ3n) is 8.05. The standard InChI is InChI=1S/C32H34N4O6S/c1-2-28(30(38)34-22-13-14-26-27(16-22)42-19-41-26)43-32-35-25-8-4-3-7-24(25)31(39)36(32)18-20-9-11-21(12-10-20)29(37)33-17-23-6-5-15-40-23/h3-8,13-16,20-21,28H,2,9-12,17-19H2,1H3,(H,33,37)(H,34,38)/t20?,21?,28-/m1/s1. The molecule has 3 heterocycles. The summed E-state index contributed by atoms with van der Waals surface area (Å²) < 4.78 is 17.8. The van der Waals surface area contributed by atoms with Crippen molar-refractivity contribution < 1.29 is 23.5 Å². The molecular formula is C32H34N4O6S. The molecule has 6 rings (SSSR count). The molecule has 11 heteroatoms. The van der Waals surface area contributed by atoms with Gasteiger partial charge in [-0.3, -0.25) is 19.0 Å². The van der Waals surface area contributed by atoms with Gasteiger partial charge >= 0.3 is 0 Å². The first-order valence-electron chi connectivity index (χ1n) is 14.7. The van der Waals surface area contributed by atoms with Crippen LogP contribution in [0.1, 0.15) is 44.8 Å². The summed E-state index contributed by atoms with van der Waals surface area (Å²) in [6.07, 6.45) is 5.29. The summed E-state index contributed by atoms with van der Waals surface area (Å²) in [5.41, 5.74) is 1.11. The Balaban J connectivity index is 1.15. The van der Waals surface area contributed by atoms with Gasteiger partial charge in [-0.1, -0.05) is 30.8 Å². The monoisotopic (exact) mass is 602 g/mol. The van der Waals surface area contributed by atoms with Crippen molar-refractivity contribution >= 4 is 40.2 Å². The fraction of sp³-hybridized carbons (Fsp3) is 0.375. The van der Waals surface area contributed by atoms with E-state index < -0.39 is 5.25 Å². The van der Waals surface area contributed by atoms with E-state index in [0.717, 1.165) is 31.4 Å². The zero-order valence-electron chi connectivity index (χ0n) is 23.9. The first kappa shape index (κ1) is 28.9. The fourth-order valence-corrected chi connectivity index (χ4v) is 6.67. The molecule has 43 heavy (non-hydrogen) atoms. The van der Waals surface area contributed by atoms with Crippen LogP contribution in [-0.2, 0) is 22.7 Å². The summed E-state index contributed by atoms with van der Waals surface area (Å²) in [5, 5.41) is 6.55. The van der Waals surface area contributed by atoms with E-state index in [1.54, 1.807) is 41.2 Å². The molecule has 10 nitrogen and oxygen atoms in total. The first-order valence-corrected chi connectivity index (χ1v) is 15.5. The normalized spacial score (nSPS) is 18.3. The molecule has 1 aliphatic heterocycles. The lowest BCUT2D eigenvalue weighted by molar-refractivity contribution is -0.126. The molecule has 2 aromatic carbocycles. The van der Waals surface area contributed by atoms with Crippen LogP contribution < -0.4 is 25.7 Å². The van der Waals surface area contributed by atoms with Gasteiger partial charge in [-0.25, -0.2) is 4.98 Å². The Bertz CT molecular complexity index is 1660. The molecule has 4 aromatic rings. The van der Waals surface area contributed by atoms with E-state index in [1.807, 2.05) is 31.2 Å². The lowest BCUT2D eigenvalue weighted by Crippen LogP contribution is -2.34. The summed E-state index contributed by atoms with van der Waals surface area (Å²) in [5.74, 6) is 1.98. The molecule has 1 saturated carbocycles. The minimum absolute atomic E-state index is 0.0369. The van der Waals surface area contributed by atoms with E-state index in [0.29, 0.717) is 52.8 Å². The van der Waals surface area contributed by atoms with Crippen LogP contribution >= 0.6 is 11.8 Å². The fourth-order valence-electron chi connectivity index (χ4n) is 5.64. The number of nitrogens with zero attached hydrogens (tertiary/aromatic N) is 2. The Labute approximate surface area is 253 Å². The smallest absolute Gasteiger partial charge is 0.262 e. The molecular weight excluding hydrogens is 568 g/mol. The maximum atomic E-state index is 13.7. The van der Waals surface area contributed by atoms with Crippen molar-refractivity contribution in [3.05, 3.63) is 77.0 Å². The SMILES string of the molecule is CC[C@@H](Sc1nc2ccccc2c(=O)n1CC1CCC(C(=O)NCc2ccco2)CC1)C(=O)Nc1ccc2c(c1)OCO2. The minimum atomic E-state index is -0.474. The summed E-state index contributed by atoms with van der Waals surface area (Å²) in [4.78, 5) is 44.7. The minimum Gasteiger partial charge on any atom is -0.467 e. The van der Waals surface area contributed by atoms with Crippen molar-refractivity contribution in [2.45, 2.75) is 62.5 Å². The second-order valence-corrected chi connectivity index (χ2v) is 12.1. The van der Waals surface area contributed by atoms with E-state index in [-0.39, 0.29) is 36.0 Å². The molecule has 0 unspecified atom stereocenters. The number of thioether (sulfide) groups is 1. The number of fused-ring (bicyclic) bond motifs is 2. The Morgan fingerprint density at radius 1 is 1.05 bits per heavy atom. The number of para-hydroxylation sites is 1. The number of nitrogens with one attached hydrogen (secondary N) is 2. The van der Waals surface area contributed by atoms with Gasteiger partial charge in [0.15, 0.2) is 16.7 Å². The van der Waals surface area contributed by atoms with Crippen LogP contribution in [0, 0.1) is 11.8 Å². The van der Waals surface area contributed by atoms with E-state index >= 15 is 0 Å². The van der Waals surface area contributed by atoms with Crippen LogP contribution in [-0.4, -0.2) is 33.4 Å². The average Bonchev–Trinajstić information content (AvgIpc) is 3.73. The number of anilines is 1. The van der Waals surface area contributed by atoms with E-state index in [9.17, 15) is 14.4 Å². The highest BCUT2D eigenvalue weighted by molar-refractivity contribution is 8.00. The Kier molecular flexibility index (Phi) is 8.69. The lowest BCUT2D eigenvalue weighted by atomic mass is 9.81. The number of hydrogen-bond donors (Lipinski definition) is 2. The van der Waals surface area contributed by atoms with Crippen molar-refractivity contribution in [1.29, 1.82) is 0 Å². The third kappa shape index (κ3) is 6.56. The molecule has 1 aliphatic carbocycles. The lowest BCUT2D eigenvalue weighted by Gasteiger charge is -2.29. The van der Waals surface area contributed by atoms with E-state index in [4.69, 9.17) is 18.9 Å². The van der Waals surface area contributed by atoms with Gasteiger partial charge in [0, 0.05) is 24.2 Å². The number of rotatable bonds is 10. The zero-order valence-corrected chi connectivity index (χ0v) is 24.7. The van der Waals surface area contributed by atoms with Gasteiger partial charge < -0.3 is 24.5 Å². The van der Waals surface area contributed by atoms with Crippen LogP contribution in [0.15, 0.2) is 75.2 Å². The molecule has 224 valence electrons. The number of carbonyl (C=O) groups is 2. The largest absolute Gasteiger partial charge is 0.467 e. The predicted octanol–water partition coefficient (Wildman–Crippen LogP) is 5.35. The number of carbonyl (C=O) groups excluding carboxylic acids is 2. The molecule has 1 fully saturated rings. The maximum Gasteiger partial charge on any atom is 0.262 e. The molecule has 1 atom stereocenters. The van der Waals surface area contributed by atoms with Crippen LogP contribution in [0.2, 0.25) is 0 Å². The number of ether oxygens (including phenoxy) is 2. The van der Waals surface area contributed by atoms with Gasteiger partial charge in [0.25, 0.3) is 5.56 Å². The summed E-state index contributed by atoms with van der Waals surface area (Å²) >= 11 is 1.31. The van der Waals surface area contributed by atoms with Crippen LogP contribution in [0.5, 0.6) is 11.5 Å². The Hall–Kier alpha value is -4.25. The van der Waals surface area contributed by atoms with Crippen molar-refractivity contribution in [2.24, 2.45) is 11.8 Å². The first-order chi connectivity index (χ1) is 21.0. The van der Waals surface area contributed by atoms with Crippen molar-refractivity contribution in [3.63, 3.8) is 0 Å². The topological polar surface area (TPSA) is 125 Å². The van der Waals surface area contributed by atoms with Gasteiger partial charge in [0.2, 0.25) is 18.6 Å². The Morgan fingerprint density at radius 3 is 2.65 bits per heavy atom. The Morgan fingerprint density at radius 2 is 1.86 bits per heavy atom. The molecule has 2 aliphatic rings. The van der Waals surface area contributed by atoms with Crippen LogP contribution in [0.25, 0.3) is 10.9 Å². The highest BCUT2D eigenvalue weighted by Gasteiger charge is 2.29. The third-order valence-corrected chi connectivity index (χ3v) is 9.41. The molecule has 0 spiro atoms. The molecule has 2 amide bonds. The number of aromatic nitrogens is 2. The molecule has 0 radical (unpaired) electrons. The number of furan rings is 1. The van der Waals surface area contributed by atoms with Crippen LogP contribution in [0.4, 0.5) is 5.69 Å². The second-order valence-electron chi connectivity index (χ2n) is 10.9. The predicted molar refractivity (Wildman–Crippen MR) is 163 cm³/mol. The van der Waals surface area contributed by atoms with Gasteiger partial charge in [-0.05, 0) is 74.4 Å². The summed E-state index contributed by atoms with van der Waals surface area (Å²) in [7, 11) is 0. The molecule has 0 bridgehead atoms. The summed E-state index contributed by atoms with van der Waals surface area (Å²) in [6, 6.07) is 16.2. The zero-order chi connectivity index (χ0) is 29.8. The van der Waals surface area contributed by atoms with E-state index in [2.05, 4.69) is 10.6 Å². The number of hydrogen-bond acceptors (Lipinski definition) is 8. The van der Waals surface area contributed by atoms with E-state index in [1.165, 1.54) is 11.8 Å². The highest BCUT2D eigenvalue weighted by Crippen LogP contribution is 2.35. The van der Waals surface area contributed by atoms with Crippen molar-refractivity contribution in [1.82, 2.24) is 14.9 Å². The van der Waals surface area contributed by atoms with Crippen molar-refractivity contribution in [3.8, 4) is 11.5 Å². The summed E-state index contributed by atoms with van der Waals surface area (Å²) in [6.45, 7) is 2.97. The molecule has 0 saturated heterocycles. The van der Waals surface area contributed by atoms with Gasteiger partial charge in [0.1, 0.15) is 5.76 Å². The van der Waals surface area contributed by atoms with Gasteiger partial charge in [0.05, 0.1) is 29.0 Å².